The van der Waals surface area contributed by atoms with Gasteiger partial charge in [-0.2, -0.15) is 0 Å². The Balaban J connectivity index is 1.46. The van der Waals surface area contributed by atoms with E-state index in [1.807, 2.05) is 69.5 Å². The molecule has 0 bridgehead atoms. The number of carbonyl (C=O) groups excluding carboxylic acids is 5. The number of nitrogens with one attached hydrogen (secondary N) is 2. The second kappa shape index (κ2) is 18.8. The fraction of sp³-hybridized carbons (Fsp3) is 0.465. The summed E-state index contributed by atoms with van der Waals surface area (Å²) >= 11 is 0. The second-order valence-corrected chi connectivity index (χ2v) is 16.5. The van der Waals surface area contributed by atoms with Crippen LogP contribution in [0, 0.1) is 28.4 Å². The molecule has 2 aromatic carbocycles. The van der Waals surface area contributed by atoms with E-state index in [-0.39, 0.29) is 38.0 Å². The minimum absolute atomic E-state index is 0.00249. The monoisotopic (exact) mass is 790 g/mol. The Morgan fingerprint density at radius 2 is 1.70 bits per heavy atom. The van der Waals surface area contributed by atoms with Gasteiger partial charge in [-0.3, -0.25) is 28.9 Å². The third kappa shape index (κ3) is 11.2. The van der Waals surface area contributed by atoms with Crippen molar-refractivity contribution in [3.05, 3.63) is 96.3 Å². The molecule has 0 spiro atoms. The molecule has 2 heterocycles. The number of aromatic nitrogens is 1. The van der Waals surface area contributed by atoms with Crippen molar-refractivity contribution in [2.45, 2.75) is 85.5 Å². The first-order valence-electron chi connectivity index (χ1n) is 19.2. The summed E-state index contributed by atoms with van der Waals surface area (Å²) in [4.78, 5) is 67.5. The number of carbonyl (C=O) groups is 5. The maximum absolute atomic E-state index is 15.1. The Bertz CT molecular complexity index is 1940. The Morgan fingerprint density at radius 3 is 2.33 bits per heavy atom. The fourth-order valence-electron chi connectivity index (χ4n) is 7.32. The van der Waals surface area contributed by atoms with Crippen molar-refractivity contribution in [3.8, 4) is 11.1 Å². The lowest BCUT2D eigenvalue weighted by atomic mass is 9.75. The van der Waals surface area contributed by atoms with Crippen molar-refractivity contribution >= 4 is 29.5 Å². The lowest BCUT2D eigenvalue weighted by Gasteiger charge is -2.41. The van der Waals surface area contributed by atoms with E-state index in [4.69, 9.17) is 5.73 Å². The van der Waals surface area contributed by atoms with Crippen molar-refractivity contribution in [2.75, 3.05) is 26.2 Å². The van der Waals surface area contributed by atoms with Gasteiger partial charge in [-0.1, -0.05) is 71.0 Å². The van der Waals surface area contributed by atoms with E-state index in [1.165, 1.54) is 11.8 Å². The minimum atomic E-state index is -1.41. The summed E-state index contributed by atoms with van der Waals surface area (Å²) < 4.78 is 31.3. The second-order valence-electron chi connectivity index (χ2n) is 16.5. The Labute approximate surface area is 333 Å². The summed E-state index contributed by atoms with van der Waals surface area (Å²) in [6, 6.07) is 12.6. The summed E-state index contributed by atoms with van der Waals surface area (Å²) in [5.74, 6) is -4.31. The number of benzene rings is 2. The van der Waals surface area contributed by atoms with Gasteiger partial charge in [0, 0.05) is 55.6 Å². The standard InChI is InChI=1S/C43H56F2N6O6/c1-8-17-43(6,7)32-23-37(54)51(41(32)57)26-36(53)47-18-19-48-39(55)34(46)16-20-50(40(56)27(2)52)38(42(3,4)5)35-21-29(31-22-30(44)14-15-33(31)45)25-49(35)24-28-12-10-9-11-13-28/h8-15,21-22,25,27,32,34,38,52H,1,16-20,23-24,26,46H2,2-7H3,(H,47,53)(H,48,55)/t27-,32?,34-,38-/m0/s1. The normalized spacial score (nSPS) is 16.2. The lowest BCUT2D eigenvalue weighted by Crippen LogP contribution is -2.49. The molecule has 0 aliphatic carbocycles. The van der Waals surface area contributed by atoms with Crippen molar-refractivity contribution in [1.29, 1.82) is 0 Å². The van der Waals surface area contributed by atoms with Gasteiger partial charge in [0.1, 0.15) is 24.3 Å². The highest BCUT2D eigenvalue weighted by Crippen LogP contribution is 2.42. The van der Waals surface area contributed by atoms with Crippen LogP contribution in [-0.2, 0) is 30.5 Å². The van der Waals surface area contributed by atoms with Crippen LogP contribution in [0.15, 0.2) is 73.4 Å². The molecular formula is C43H56F2N6O6. The third-order valence-electron chi connectivity index (χ3n) is 10.3. The number of aliphatic hydroxyl groups excluding tert-OH is 1. The number of imide groups is 1. The maximum atomic E-state index is 15.1. The molecule has 1 aliphatic heterocycles. The van der Waals surface area contributed by atoms with Gasteiger partial charge in [-0.25, -0.2) is 8.78 Å². The summed E-state index contributed by atoms with van der Waals surface area (Å²) in [5.41, 5.74) is 7.12. The zero-order valence-electron chi connectivity index (χ0n) is 33.7. The minimum Gasteiger partial charge on any atom is -0.384 e. The molecule has 1 unspecified atom stereocenters. The Kier molecular flexibility index (Phi) is 14.7. The average Bonchev–Trinajstić information content (AvgIpc) is 3.67. The van der Waals surface area contributed by atoms with Crippen molar-refractivity contribution in [1.82, 2.24) is 25.0 Å². The van der Waals surface area contributed by atoms with Crippen LogP contribution in [-0.4, -0.2) is 87.3 Å². The van der Waals surface area contributed by atoms with Gasteiger partial charge in [0.15, 0.2) is 0 Å². The molecule has 57 heavy (non-hydrogen) atoms. The molecule has 12 nitrogen and oxygen atoms in total. The number of amides is 5. The molecule has 1 saturated heterocycles. The van der Waals surface area contributed by atoms with E-state index in [0.717, 1.165) is 28.7 Å². The molecule has 0 saturated carbocycles. The van der Waals surface area contributed by atoms with E-state index in [0.29, 0.717) is 24.2 Å². The number of likely N-dealkylation sites (tertiary alicyclic amines) is 1. The predicted octanol–water partition coefficient (Wildman–Crippen LogP) is 4.71. The molecule has 5 amide bonds. The quantitative estimate of drug-likeness (QED) is 0.0824. The van der Waals surface area contributed by atoms with E-state index in [1.54, 1.807) is 18.3 Å². The third-order valence-corrected chi connectivity index (χ3v) is 10.3. The largest absolute Gasteiger partial charge is 0.384 e. The molecule has 3 aromatic rings. The van der Waals surface area contributed by atoms with Crippen LogP contribution in [0.4, 0.5) is 8.78 Å². The number of allylic oxidation sites excluding steroid dienone is 1. The first-order chi connectivity index (χ1) is 26.7. The highest BCUT2D eigenvalue weighted by Gasteiger charge is 2.46. The van der Waals surface area contributed by atoms with Crippen LogP contribution in [0.25, 0.3) is 11.1 Å². The van der Waals surface area contributed by atoms with Crippen molar-refractivity contribution in [3.63, 3.8) is 0 Å². The Morgan fingerprint density at radius 1 is 1.04 bits per heavy atom. The van der Waals surface area contributed by atoms with Gasteiger partial charge in [-0.15, -0.1) is 6.58 Å². The number of aliphatic hydroxyl groups is 1. The molecule has 1 aliphatic rings. The van der Waals surface area contributed by atoms with E-state index in [9.17, 15) is 33.5 Å². The first kappa shape index (κ1) is 44.5. The summed E-state index contributed by atoms with van der Waals surface area (Å²) in [6.45, 7) is 14.5. The number of hydrogen-bond donors (Lipinski definition) is 4. The topological polar surface area (TPSA) is 167 Å². The van der Waals surface area contributed by atoms with Crippen LogP contribution in [0.3, 0.4) is 0 Å². The molecule has 1 fully saturated rings. The van der Waals surface area contributed by atoms with Gasteiger partial charge >= 0.3 is 0 Å². The SMILES string of the molecule is C=CCC(C)(C)C1CC(=O)N(CC(=O)NCCNC(=O)[C@@H](N)CCN(C(=O)[C@H](C)O)[C@@H](c2cc(-c3cc(F)ccc3F)cn2Cc2ccccc2)C(C)(C)C)C1=O. The van der Waals surface area contributed by atoms with Crippen LogP contribution < -0.4 is 16.4 Å². The molecule has 5 N–H and O–H groups in total. The molecule has 4 atom stereocenters. The zero-order valence-corrected chi connectivity index (χ0v) is 33.7. The van der Waals surface area contributed by atoms with Gasteiger partial charge < -0.3 is 30.9 Å². The van der Waals surface area contributed by atoms with E-state index < -0.39 is 82.7 Å². The van der Waals surface area contributed by atoms with Crippen LogP contribution in [0.2, 0.25) is 0 Å². The number of hydrogen-bond acceptors (Lipinski definition) is 7. The van der Waals surface area contributed by atoms with Crippen LogP contribution >= 0.6 is 0 Å². The average molecular weight is 791 g/mol. The van der Waals surface area contributed by atoms with E-state index >= 15 is 4.39 Å². The zero-order chi connectivity index (χ0) is 42.2. The maximum Gasteiger partial charge on any atom is 0.251 e. The molecule has 1 aromatic heterocycles. The highest BCUT2D eigenvalue weighted by atomic mass is 19.1. The fourth-order valence-corrected chi connectivity index (χ4v) is 7.32. The van der Waals surface area contributed by atoms with Gasteiger partial charge in [0.2, 0.25) is 23.6 Å². The molecule has 14 heteroatoms. The first-order valence-corrected chi connectivity index (χ1v) is 19.2. The van der Waals surface area contributed by atoms with Crippen LogP contribution in [0.1, 0.15) is 78.1 Å². The van der Waals surface area contributed by atoms with Crippen LogP contribution in [0.5, 0.6) is 0 Å². The molecule has 0 radical (unpaired) electrons. The number of halogens is 2. The number of rotatable bonds is 18. The van der Waals surface area contributed by atoms with Gasteiger partial charge in [-0.05, 0) is 60.4 Å². The molecule has 308 valence electrons. The van der Waals surface area contributed by atoms with Gasteiger partial charge in [0.25, 0.3) is 5.91 Å². The predicted molar refractivity (Wildman–Crippen MR) is 213 cm³/mol. The van der Waals surface area contributed by atoms with Crippen molar-refractivity contribution in [2.24, 2.45) is 22.5 Å². The lowest BCUT2D eigenvalue weighted by molar-refractivity contribution is -0.145. The molecule has 4 rings (SSSR count). The molecular weight excluding hydrogens is 735 g/mol. The van der Waals surface area contributed by atoms with Crippen molar-refractivity contribution < 1.29 is 37.9 Å². The highest BCUT2D eigenvalue weighted by molar-refractivity contribution is 6.06. The Hall–Kier alpha value is -5.21. The summed E-state index contributed by atoms with van der Waals surface area (Å²) in [5, 5.41) is 15.9. The smallest absolute Gasteiger partial charge is 0.251 e. The van der Waals surface area contributed by atoms with E-state index in [2.05, 4.69) is 17.2 Å². The summed E-state index contributed by atoms with van der Waals surface area (Å²) in [7, 11) is 0. The summed E-state index contributed by atoms with van der Waals surface area (Å²) in [6.07, 6.45) is 2.56. The number of nitrogens with zero attached hydrogens (tertiary/aromatic N) is 3. The van der Waals surface area contributed by atoms with Gasteiger partial charge in [0.05, 0.1) is 18.0 Å². The number of nitrogens with two attached hydrogens (primary N) is 1.